The molecule has 0 saturated carbocycles. The van der Waals surface area contributed by atoms with Gasteiger partial charge in [0.15, 0.2) is 0 Å². The van der Waals surface area contributed by atoms with Gasteiger partial charge in [-0.3, -0.25) is 0 Å². The van der Waals surface area contributed by atoms with E-state index in [9.17, 15) is 5.11 Å². The number of phenols is 1. The van der Waals surface area contributed by atoms with E-state index in [0.29, 0.717) is 10.6 Å². The molecule has 0 spiro atoms. The van der Waals surface area contributed by atoms with Gasteiger partial charge >= 0.3 is 29.6 Å². The number of rotatable bonds is 1. The summed E-state index contributed by atoms with van der Waals surface area (Å²) in [6, 6.07) is 14.7. The third kappa shape index (κ3) is 2.76. The molecule has 1 N–H and O–H groups in total. The Hall–Kier alpha value is -0.470. The average molecular weight is 228 g/mol. The Morgan fingerprint density at radius 3 is 2.13 bits per heavy atom. The zero-order valence-corrected chi connectivity index (χ0v) is 11.2. The second-order valence-corrected chi connectivity index (χ2v) is 3.41. The molecule has 0 atom stereocenters. The van der Waals surface area contributed by atoms with Crippen LogP contribution in [0.25, 0.3) is 11.1 Å². The molecule has 0 fully saturated rings. The molecule has 70 valence electrons. The van der Waals surface area contributed by atoms with Crippen LogP contribution in [0.15, 0.2) is 48.5 Å². The molecule has 0 aliphatic carbocycles. The van der Waals surface area contributed by atoms with Crippen LogP contribution < -0.4 is 29.6 Å². The van der Waals surface area contributed by atoms with Crippen LogP contribution in [0, 0.1) is 0 Å². The Labute approximate surface area is 116 Å². The topological polar surface area (TPSA) is 20.2 Å². The summed E-state index contributed by atoms with van der Waals surface area (Å²) >= 11 is 6.00. The maximum absolute atomic E-state index is 9.66. The SMILES string of the molecule is Oc1cccc(Cl)c1-c1ccccc1.[Na+]. The summed E-state index contributed by atoms with van der Waals surface area (Å²) in [5, 5.41) is 10.2. The third-order valence-corrected chi connectivity index (χ3v) is 2.37. The van der Waals surface area contributed by atoms with E-state index in [4.69, 9.17) is 11.6 Å². The van der Waals surface area contributed by atoms with Gasteiger partial charge in [0, 0.05) is 5.56 Å². The van der Waals surface area contributed by atoms with Gasteiger partial charge in [0.25, 0.3) is 0 Å². The summed E-state index contributed by atoms with van der Waals surface area (Å²) < 4.78 is 0. The standard InChI is InChI=1S/C12H9ClO.Na/c13-10-7-4-8-11(14)12(10)9-5-2-1-3-6-9;/h1-8,14H;/q;+1. The number of hydrogen-bond donors (Lipinski definition) is 1. The average Bonchev–Trinajstić information content (AvgIpc) is 2.19. The van der Waals surface area contributed by atoms with E-state index in [1.165, 1.54) is 0 Å². The summed E-state index contributed by atoms with van der Waals surface area (Å²) in [5.74, 6) is 0.212. The molecule has 0 amide bonds. The van der Waals surface area contributed by atoms with Crippen LogP contribution in [0.1, 0.15) is 0 Å². The van der Waals surface area contributed by atoms with Crippen molar-refractivity contribution in [2.45, 2.75) is 0 Å². The van der Waals surface area contributed by atoms with E-state index in [1.54, 1.807) is 18.2 Å². The summed E-state index contributed by atoms with van der Waals surface area (Å²) in [4.78, 5) is 0. The first kappa shape index (κ1) is 12.6. The quantitative estimate of drug-likeness (QED) is 0.712. The minimum atomic E-state index is 0. The summed E-state index contributed by atoms with van der Waals surface area (Å²) in [6.45, 7) is 0. The molecule has 2 aromatic rings. The van der Waals surface area contributed by atoms with Crippen LogP contribution in [-0.2, 0) is 0 Å². The van der Waals surface area contributed by atoms with Gasteiger partial charge in [-0.1, -0.05) is 48.0 Å². The van der Waals surface area contributed by atoms with Crippen LogP contribution in [-0.4, -0.2) is 5.11 Å². The van der Waals surface area contributed by atoms with Gasteiger partial charge < -0.3 is 5.11 Å². The van der Waals surface area contributed by atoms with Crippen molar-refractivity contribution in [1.29, 1.82) is 0 Å². The zero-order valence-electron chi connectivity index (χ0n) is 8.44. The second-order valence-electron chi connectivity index (χ2n) is 3.00. The molecule has 2 aromatic carbocycles. The largest absolute Gasteiger partial charge is 1.00 e. The molecule has 1 nitrogen and oxygen atoms in total. The molecule has 2 rings (SSSR count). The Morgan fingerprint density at radius 2 is 1.53 bits per heavy atom. The van der Waals surface area contributed by atoms with Gasteiger partial charge in [-0.25, -0.2) is 0 Å². The molecular formula is C12H9ClNaO+. The normalized spacial score (nSPS) is 9.40. The van der Waals surface area contributed by atoms with Crippen molar-refractivity contribution < 1.29 is 34.7 Å². The van der Waals surface area contributed by atoms with Crippen molar-refractivity contribution >= 4 is 11.6 Å². The van der Waals surface area contributed by atoms with E-state index in [2.05, 4.69) is 0 Å². The van der Waals surface area contributed by atoms with Gasteiger partial charge in [-0.2, -0.15) is 0 Å². The van der Waals surface area contributed by atoms with E-state index in [0.717, 1.165) is 5.56 Å². The van der Waals surface area contributed by atoms with Crippen molar-refractivity contribution in [2.75, 3.05) is 0 Å². The van der Waals surface area contributed by atoms with Crippen molar-refractivity contribution in [3.8, 4) is 16.9 Å². The Balaban J connectivity index is 0.00000112. The molecule has 0 unspecified atom stereocenters. The number of aromatic hydroxyl groups is 1. The summed E-state index contributed by atoms with van der Waals surface area (Å²) in [7, 11) is 0. The molecule has 3 heteroatoms. The third-order valence-electron chi connectivity index (χ3n) is 2.05. The van der Waals surface area contributed by atoms with Gasteiger partial charge in [0.1, 0.15) is 5.75 Å². The number of hydrogen-bond acceptors (Lipinski definition) is 1. The van der Waals surface area contributed by atoms with Crippen molar-refractivity contribution in [3.63, 3.8) is 0 Å². The minimum absolute atomic E-state index is 0. The fraction of sp³-hybridized carbons (Fsp3) is 0. The van der Waals surface area contributed by atoms with E-state index in [-0.39, 0.29) is 35.3 Å². The molecule has 0 aliphatic heterocycles. The predicted octanol–water partition coefficient (Wildman–Crippen LogP) is 0.717. The van der Waals surface area contributed by atoms with E-state index in [1.807, 2.05) is 30.3 Å². The smallest absolute Gasteiger partial charge is 0.507 e. The van der Waals surface area contributed by atoms with Gasteiger partial charge in [0.05, 0.1) is 5.02 Å². The van der Waals surface area contributed by atoms with Crippen molar-refractivity contribution in [2.24, 2.45) is 0 Å². The van der Waals surface area contributed by atoms with Gasteiger partial charge in [0.2, 0.25) is 0 Å². The van der Waals surface area contributed by atoms with Crippen LogP contribution in [0.4, 0.5) is 0 Å². The molecule has 0 heterocycles. The first-order valence-electron chi connectivity index (χ1n) is 4.32. The Kier molecular flexibility index (Phi) is 4.68. The monoisotopic (exact) mass is 227 g/mol. The first-order chi connectivity index (χ1) is 6.79. The molecule has 0 aromatic heterocycles. The van der Waals surface area contributed by atoms with E-state index < -0.39 is 0 Å². The second kappa shape index (κ2) is 5.57. The molecule has 0 bridgehead atoms. The predicted molar refractivity (Wildman–Crippen MR) is 58.6 cm³/mol. The number of benzene rings is 2. The number of halogens is 1. The van der Waals surface area contributed by atoms with E-state index >= 15 is 0 Å². The molecule has 0 saturated heterocycles. The number of phenolic OH excluding ortho intramolecular Hbond substituents is 1. The maximum atomic E-state index is 9.66. The summed E-state index contributed by atoms with van der Waals surface area (Å²) in [6.07, 6.45) is 0. The molecule has 0 aliphatic rings. The maximum Gasteiger partial charge on any atom is 1.00 e. The zero-order chi connectivity index (χ0) is 9.97. The fourth-order valence-electron chi connectivity index (χ4n) is 1.40. The van der Waals surface area contributed by atoms with Crippen LogP contribution in [0.2, 0.25) is 5.02 Å². The van der Waals surface area contributed by atoms with Crippen molar-refractivity contribution in [1.82, 2.24) is 0 Å². The van der Waals surface area contributed by atoms with Crippen molar-refractivity contribution in [3.05, 3.63) is 53.6 Å². The fourth-order valence-corrected chi connectivity index (χ4v) is 1.68. The molecular weight excluding hydrogens is 219 g/mol. The van der Waals surface area contributed by atoms with Gasteiger partial charge in [-0.05, 0) is 17.7 Å². The van der Waals surface area contributed by atoms with Crippen LogP contribution in [0.3, 0.4) is 0 Å². The molecule has 15 heavy (non-hydrogen) atoms. The first-order valence-corrected chi connectivity index (χ1v) is 4.70. The summed E-state index contributed by atoms with van der Waals surface area (Å²) in [5.41, 5.74) is 1.62. The van der Waals surface area contributed by atoms with Crippen LogP contribution >= 0.6 is 11.6 Å². The Bertz CT molecular complexity index is 422. The van der Waals surface area contributed by atoms with Crippen LogP contribution in [0.5, 0.6) is 5.75 Å². The molecule has 0 radical (unpaired) electrons. The van der Waals surface area contributed by atoms with Gasteiger partial charge in [-0.15, -0.1) is 0 Å². The Morgan fingerprint density at radius 1 is 0.867 bits per heavy atom. The minimum Gasteiger partial charge on any atom is -0.507 e.